The van der Waals surface area contributed by atoms with E-state index in [1.54, 1.807) is 12.1 Å². The molecule has 0 atom stereocenters. The zero-order valence-corrected chi connectivity index (χ0v) is 17.8. The van der Waals surface area contributed by atoms with Crippen LogP contribution in [0.1, 0.15) is 16.1 Å². The van der Waals surface area contributed by atoms with E-state index in [-0.39, 0.29) is 17.4 Å². The van der Waals surface area contributed by atoms with Crippen molar-refractivity contribution >= 4 is 39.7 Å². The molecule has 0 spiro atoms. The summed E-state index contributed by atoms with van der Waals surface area (Å²) in [5.74, 6) is -1.10. The molecule has 32 heavy (non-hydrogen) atoms. The van der Waals surface area contributed by atoms with Crippen LogP contribution in [-0.4, -0.2) is 38.8 Å². The zero-order chi connectivity index (χ0) is 22.7. The van der Waals surface area contributed by atoms with E-state index < -0.39 is 19.3 Å². The fourth-order valence-electron chi connectivity index (χ4n) is 3.59. The summed E-state index contributed by atoms with van der Waals surface area (Å²) in [6.45, 7) is -1.37. The van der Waals surface area contributed by atoms with E-state index in [4.69, 9.17) is 18.0 Å². The number of carbonyl (C=O) groups excluding carboxylic acids is 1. The molecule has 6 nitrogen and oxygen atoms in total. The second kappa shape index (κ2) is 9.27. The Hall–Kier alpha value is -3.59. The van der Waals surface area contributed by atoms with E-state index in [2.05, 4.69) is 15.3 Å². The van der Waals surface area contributed by atoms with Crippen molar-refractivity contribution in [3.8, 4) is 11.1 Å². The van der Waals surface area contributed by atoms with Crippen LogP contribution >= 0.6 is 12.2 Å². The summed E-state index contributed by atoms with van der Waals surface area (Å²) >= 11 is 5.09. The van der Waals surface area contributed by atoms with Crippen LogP contribution in [0.3, 0.4) is 0 Å². The molecule has 1 amide bonds. The van der Waals surface area contributed by atoms with Gasteiger partial charge in [-0.15, -0.1) is 0 Å². The number of nitrogens with one attached hydrogen (secondary N) is 2. The molecule has 0 saturated carbocycles. The van der Waals surface area contributed by atoms with Gasteiger partial charge in [0, 0.05) is 40.9 Å². The molecule has 0 radical (unpaired) electrons. The largest absolute Gasteiger partial charge is 0.389 e. The number of anilines is 1. The summed E-state index contributed by atoms with van der Waals surface area (Å²) in [6.07, 6.45) is 4.71. The van der Waals surface area contributed by atoms with Crippen molar-refractivity contribution in [1.82, 2.24) is 14.5 Å². The lowest BCUT2D eigenvalue weighted by atomic mass is 10.0. The van der Waals surface area contributed by atoms with Gasteiger partial charge in [0.05, 0.1) is 31.4 Å². The van der Waals surface area contributed by atoms with Crippen molar-refractivity contribution in [2.45, 2.75) is 6.54 Å². The quantitative estimate of drug-likeness (QED) is 0.344. The number of carbonyl (C=O) groups is 1. The summed E-state index contributed by atoms with van der Waals surface area (Å²) < 4.78 is 28.4. The number of amides is 1. The van der Waals surface area contributed by atoms with Crippen LogP contribution in [0.5, 0.6) is 0 Å². The molecule has 2 aromatic carbocycles. The number of hydrogen-bond acceptors (Lipinski definition) is 3. The molecule has 4 N–H and O–H groups in total. The molecule has 4 rings (SSSR count). The summed E-state index contributed by atoms with van der Waals surface area (Å²) in [7, 11) is 0. The molecular formula is C23H21F2N5OS. The summed E-state index contributed by atoms with van der Waals surface area (Å²) in [6, 6.07) is 12.9. The van der Waals surface area contributed by atoms with Crippen molar-refractivity contribution in [2.24, 2.45) is 11.7 Å². The van der Waals surface area contributed by atoms with Crippen molar-refractivity contribution in [1.29, 1.82) is 0 Å². The predicted molar refractivity (Wildman–Crippen MR) is 125 cm³/mol. The van der Waals surface area contributed by atoms with Gasteiger partial charge in [-0.05, 0) is 23.8 Å². The smallest absolute Gasteiger partial charge is 0.273 e. The second-order valence-electron chi connectivity index (χ2n) is 7.47. The highest BCUT2D eigenvalue weighted by molar-refractivity contribution is 7.80. The van der Waals surface area contributed by atoms with Gasteiger partial charge in [-0.1, -0.05) is 36.5 Å². The van der Waals surface area contributed by atoms with Gasteiger partial charge in [0.2, 0.25) is 0 Å². The fourth-order valence-corrected chi connectivity index (χ4v) is 3.71. The monoisotopic (exact) mass is 453 g/mol. The first kappa shape index (κ1) is 21.6. The maximum absolute atomic E-state index is 13.3. The number of thiocarbonyl (C=S) groups is 1. The highest BCUT2D eigenvalue weighted by atomic mass is 32.1. The summed E-state index contributed by atoms with van der Waals surface area (Å²) in [4.78, 5) is 19.3. The molecule has 9 heteroatoms. The Labute approximate surface area is 188 Å². The summed E-state index contributed by atoms with van der Waals surface area (Å²) in [5.41, 5.74) is 9.89. The number of hydrogen-bond donors (Lipinski definition) is 3. The number of fused-ring (bicyclic) bond motifs is 1. The first-order valence-electron chi connectivity index (χ1n) is 9.95. The van der Waals surface area contributed by atoms with Gasteiger partial charge in [-0.3, -0.25) is 13.6 Å². The van der Waals surface area contributed by atoms with Gasteiger partial charge >= 0.3 is 0 Å². The number of H-pyrrole nitrogens is 1. The molecule has 0 fully saturated rings. The van der Waals surface area contributed by atoms with Gasteiger partial charge in [-0.2, -0.15) is 0 Å². The lowest BCUT2D eigenvalue weighted by molar-refractivity contribution is 0.102. The Morgan fingerprint density at radius 3 is 2.72 bits per heavy atom. The minimum Gasteiger partial charge on any atom is -0.389 e. The number of nitrogens with two attached hydrogens (primary N) is 1. The molecule has 164 valence electrons. The van der Waals surface area contributed by atoms with Gasteiger partial charge in [0.25, 0.3) is 5.91 Å². The molecule has 4 aromatic rings. The van der Waals surface area contributed by atoms with E-state index in [1.807, 2.05) is 41.1 Å². The van der Waals surface area contributed by atoms with E-state index in [1.165, 1.54) is 12.5 Å². The average Bonchev–Trinajstić information content (AvgIpc) is 3.46. The van der Waals surface area contributed by atoms with Crippen molar-refractivity contribution in [3.63, 3.8) is 0 Å². The van der Waals surface area contributed by atoms with Gasteiger partial charge in [0.15, 0.2) is 0 Å². The Balaban J connectivity index is 1.78. The number of imidazole rings is 1. The Morgan fingerprint density at radius 2 is 2.03 bits per heavy atom. The molecule has 0 aliphatic carbocycles. The van der Waals surface area contributed by atoms with Crippen LogP contribution in [0.2, 0.25) is 0 Å². The first-order valence-corrected chi connectivity index (χ1v) is 10.4. The highest BCUT2D eigenvalue weighted by Crippen LogP contribution is 2.33. The number of benzene rings is 2. The second-order valence-corrected chi connectivity index (χ2v) is 7.91. The van der Waals surface area contributed by atoms with Crippen molar-refractivity contribution < 1.29 is 13.6 Å². The molecular weight excluding hydrogens is 432 g/mol. The van der Waals surface area contributed by atoms with E-state index >= 15 is 0 Å². The molecule has 2 aromatic heterocycles. The Kier molecular flexibility index (Phi) is 6.27. The standard InChI is InChI=1S/C23H21F2N5OS/c24-8-14(9-25)11-30-12-19(15-2-1-3-16(6-15)22(26)32)18-5-4-17(7-21(18)30)29-23(31)20-10-27-13-28-20/h1-7,10,12-14H,8-9,11H2,(H2,26,32)(H,27,28)(H,29,31). The van der Waals surface area contributed by atoms with E-state index in [0.717, 1.165) is 27.6 Å². The van der Waals surface area contributed by atoms with Crippen LogP contribution in [0.25, 0.3) is 22.0 Å². The summed E-state index contributed by atoms with van der Waals surface area (Å²) in [5, 5.41) is 3.69. The molecule has 2 heterocycles. The van der Waals surface area contributed by atoms with Crippen molar-refractivity contribution in [3.05, 3.63) is 72.4 Å². The molecule has 0 saturated heterocycles. The molecule has 0 bridgehead atoms. The molecule has 0 aliphatic rings. The predicted octanol–water partition coefficient (Wildman–Crippen LogP) is 4.47. The molecule has 0 aliphatic heterocycles. The lowest BCUT2D eigenvalue weighted by Gasteiger charge is -2.12. The maximum atomic E-state index is 13.3. The SMILES string of the molecule is NC(=S)c1cccc(-c2cn(CC(CF)CF)c3cc(NC(=O)c4cnc[nH]4)ccc23)c1. The van der Waals surface area contributed by atoms with Crippen LogP contribution in [0, 0.1) is 5.92 Å². The number of alkyl halides is 2. The Morgan fingerprint density at radius 1 is 1.22 bits per heavy atom. The number of halogens is 2. The van der Waals surface area contributed by atoms with Crippen LogP contribution < -0.4 is 11.1 Å². The number of aromatic nitrogens is 3. The average molecular weight is 454 g/mol. The van der Waals surface area contributed by atoms with Gasteiger partial charge in [-0.25, -0.2) is 4.98 Å². The lowest BCUT2D eigenvalue weighted by Crippen LogP contribution is -2.14. The van der Waals surface area contributed by atoms with Gasteiger partial charge < -0.3 is 20.6 Å². The number of aromatic amines is 1. The molecule has 0 unspecified atom stereocenters. The third-order valence-corrected chi connectivity index (χ3v) is 5.47. The minimum absolute atomic E-state index is 0.163. The Bertz CT molecular complexity index is 1260. The first-order chi connectivity index (χ1) is 15.5. The van der Waals surface area contributed by atoms with Gasteiger partial charge in [0.1, 0.15) is 10.7 Å². The number of rotatable bonds is 8. The third-order valence-electron chi connectivity index (χ3n) is 5.23. The number of nitrogens with zero attached hydrogens (tertiary/aromatic N) is 2. The van der Waals surface area contributed by atoms with Crippen LogP contribution in [0.4, 0.5) is 14.5 Å². The zero-order valence-electron chi connectivity index (χ0n) is 17.0. The fraction of sp³-hybridized carbons (Fsp3) is 0.174. The maximum Gasteiger partial charge on any atom is 0.273 e. The van der Waals surface area contributed by atoms with Crippen LogP contribution in [0.15, 0.2) is 61.2 Å². The van der Waals surface area contributed by atoms with Crippen LogP contribution in [-0.2, 0) is 6.54 Å². The normalized spacial score (nSPS) is 11.2. The highest BCUT2D eigenvalue weighted by Gasteiger charge is 2.17. The van der Waals surface area contributed by atoms with Crippen molar-refractivity contribution in [2.75, 3.05) is 18.7 Å². The van der Waals surface area contributed by atoms with E-state index in [0.29, 0.717) is 11.4 Å². The third kappa shape index (κ3) is 4.38. The topological polar surface area (TPSA) is 88.7 Å². The minimum atomic E-state index is -0.765. The van der Waals surface area contributed by atoms with E-state index in [9.17, 15) is 13.6 Å².